The summed E-state index contributed by atoms with van der Waals surface area (Å²) in [4.78, 5) is 34.7. The molecule has 0 unspecified atom stereocenters. The predicted molar refractivity (Wildman–Crippen MR) is 126 cm³/mol. The summed E-state index contributed by atoms with van der Waals surface area (Å²) in [6.07, 6.45) is 1.54. The largest absolute Gasteiger partial charge is 0.284 e. The Morgan fingerprint density at radius 2 is 1.84 bits per heavy atom. The third kappa shape index (κ3) is 3.66. The van der Waals surface area contributed by atoms with Gasteiger partial charge >= 0.3 is 0 Å². The van der Waals surface area contributed by atoms with Crippen molar-refractivity contribution in [2.45, 2.75) is 0 Å². The summed E-state index contributed by atoms with van der Waals surface area (Å²) in [5.41, 5.74) is 2.06. The van der Waals surface area contributed by atoms with Crippen LogP contribution >= 0.6 is 22.9 Å². The van der Waals surface area contributed by atoms with Crippen molar-refractivity contribution in [3.63, 3.8) is 0 Å². The summed E-state index contributed by atoms with van der Waals surface area (Å²) in [6.45, 7) is 0. The van der Waals surface area contributed by atoms with Gasteiger partial charge in [0.25, 0.3) is 11.6 Å². The molecule has 0 saturated heterocycles. The molecule has 0 atom stereocenters. The lowest BCUT2D eigenvalue weighted by Gasteiger charge is -2.14. The number of hydrogen-bond donors (Lipinski definition) is 0. The van der Waals surface area contributed by atoms with Crippen LogP contribution in [-0.4, -0.2) is 21.7 Å². The minimum atomic E-state index is -0.476. The Bertz CT molecular complexity index is 1450. The van der Waals surface area contributed by atoms with E-state index in [1.165, 1.54) is 28.4 Å². The van der Waals surface area contributed by atoms with Gasteiger partial charge in [-0.3, -0.25) is 14.9 Å². The third-order valence-corrected chi connectivity index (χ3v) is 6.06. The molecule has 0 aliphatic carbocycles. The number of carbonyl (C=O) groups excluding carboxylic acids is 1. The molecule has 0 bridgehead atoms. The van der Waals surface area contributed by atoms with Gasteiger partial charge < -0.3 is 0 Å². The summed E-state index contributed by atoms with van der Waals surface area (Å²) in [6, 6.07) is 20.8. The number of fused-ring (bicyclic) bond motifs is 1. The van der Waals surface area contributed by atoms with E-state index in [9.17, 15) is 14.9 Å². The molecule has 32 heavy (non-hydrogen) atoms. The first kappa shape index (κ1) is 20.0. The second-order valence-corrected chi connectivity index (χ2v) is 8.38. The Labute approximate surface area is 191 Å². The molecule has 1 amide bonds. The van der Waals surface area contributed by atoms with Crippen LogP contribution in [0.1, 0.15) is 11.1 Å². The van der Waals surface area contributed by atoms with Gasteiger partial charge in [0.1, 0.15) is 11.5 Å². The first-order valence-electron chi connectivity index (χ1n) is 9.50. The van der Waals surface area contributed by atoms with Crippen LogP contribution in [0.3, 0.4) is 0 Å². The predicted octanol–water partition coefficient (Wildman–Crippen LogP) is 5.69. The molecule has 1 aromatic heterocycles. The van der Waals surface area contributed by atoms with Crippen molar-refractivity contribution in [3.8, 4) is 0 Å². The van der Waals surface area contributed by atoms with Crippen LogP contribution in [0.2, 0.25) is 5.02 Å². The third-order valence-electron chi connectivity index (χ3n) is 4.81. The number of nitro groups is 1. The number of nitrogens with zero attached hydrogens (tertiary/aromatic N) is 4. The fourth-order valence-electron chi connectivity index (χ4n) is 3.35. The van der Waals surface area contributed by atoms with Crippen LogP contribution in [0.4, 0.5) is 10.8 Å². The van der Waals surface area contributed by atoms with Crippen LogP contribution < -0.4 is 4.90 Å². The Kier molecular flexibility index (Phi) is 5.01. The lowest BCUT2D eigenvalue weighted by atomic mass is 10.1. The number of amidine groups is 1. The Hall–Kier alpha value is -3.88. The van der Waals surface area contributed by atoms with Gasteiger partial charge in [0.2, 0.25) is 0 Å². The first-order chi connectivity index (χ1) is 15.5. The monoisotopic (exact) mass is 460 g/mol. The van der Waals surface area contributed by atoms with E-state index < -0.39 is 4.92 Å². The SMILES string of the molecule is O=C1C(=Cc2cccc([N+](=O)[O-])c2)N=C(c2ccccc2)N1c1nc2cc(Cl)ccc2s1. The number of rotatable bonds is 4. The van der Waals surface area contributed by atoms with E-state index in [1.807, 2.05) is 36.4 Å². The minimum Gasteiger partial charge on any atom is -0.266 e. The molecule has 0 fully saturated rings. The average Bonchev–Trinajstić information content (AvgIpc) is 3.35. The van der Waals surface area contributed by atoms with Crippen LogP contribution in [0.5, 0.6) is 0 Å². The fourth-order valence-corrected chi connectivity index (χ4v) is 4.46. The maximum absolute atomic E-state index is 13.4. The second kappa shape index (κ2) is 7.99. The summed E-state index contributed by atoms with van der Waals surface area (Å²) in [5, 5.41) is 12.1. The molecule has 7 nitrogen and oxygen atoms in total. The second-order valence-electron chi connectivity index (χ2n) is 6.93. The highest BCUT2D eigenvalue weighted by Crippen LogP contribution is 2.35. The van der Waals surface area contributed by atoms with Crippen molar-refractivity contribution in [2.24, 2.45) is 4.99 Å². The zero-order valence-electron chi connectivity index (χ0n) is 16.3. The number of nitro benzene ring substituents is 1. The molecule has 0 radical (unpaired) electrons. The van der Waals surface area contributed by atoms with E-state index in [0.29, 0.717) is 27.1 Å². The number of benzene rings is 3. The minimum absolute atomic E-state index is 0.0584. The Balaban J connectivity index is 1.63. The summed E-state index contributed by atoms with van der Waals surface area (Å²) in [5.74, 6) is 0.0814. The number of amides is 1. The van der Waals surface area contributed by atoms with E-state index >= 15 is 0 Å². The van der Waals surface area contributed by atoms with E-state index in [2.05, 4.69) is 9.98 Å². The van der Waals surface area contributed by atoms with Crippen molar-refractivity contribution >= 4 is 61.8 Å². The van der Waals surface area contributed by atoms with Crippen LogP contribution in [0.15, 0.2) is 83.5 Å². The molecule has 5 rings (SSSR count). The quantitative estimate of drug-likeness (QED) is 0.222. The molecular formula is C23H13ClN4O3S. The zero-order valence-corrected chi connectivity index (χ0v) is 17.9. The lowest BCUT2D eigenvalue weighted by molar-refractivity contribution is -0.384. The number of hydrogen-bond acceptors (Lipinski definition) is 6. The van der Waals surface area contributed by atoms with Gasteiger partial charge in [0, 0.05) is 22.7 Å². The topological polar surface area (TPSA) is 88.7 Å². The van der Waals surface area contributed by atoms with E-state index in [1.54, 1.807) is 30.3 Å². The number of thiazole rings is 1. The first-order valence-corrected chi connectivity index (χ1v) is 10.7. The highest BCUT2D eigenvalue weighted by molar-refractivity contribution is 7.22. The maximum atomic E-state index is 13.4. The smallest absolute Gasteiger partial charge is 0.266 e. The van der Waals surface area contributed by atoms with Crippen molar-refractivity contribution in [1.29, 1.82) is 0 Å². The number of halogens is 1. The van der Waals surface area contributed by atoms with E-state index in [4.69, 9.17) is 11.6 Å². The van der Waals surface area contributed by atoms with Gasteiger partial charge in [0.05, 0.1) is 15.1 Å². The Morgan fingerprint density at radius 1 is 1.03 bits per heavy atom. The zero-order chi connectivity index (χ0) is 22.2. The Morgan fingerprint density at radius 3 is 2.62 bits per heavy atom. The normalized spacial score (nSPS) is 14.9. The van der Waals surface area contributed by atoms with Crippen LogP contribution in [0, 0.1) is 10.1 Å². The molecule has 0 saturated carbocycles. The fraction of sp³-hybridized carbons (Fsp3) is 0. The molecular weight excluding hydrogens is 448 g/mol. The summed E-state index contributed by atoms with van der Waals surface area (Å²) in [7, 11) is 0. The number of non-ortho nitro benzene ring substituents is 1. The maximum Gasteiger partial charge on any atom is 0.284 e. The van der Waals surface area contributed by atoms with Gasteiger partial charge in [-0.1, -0.05) is 65.4 Å². The van der Waals surface area contributed by atoms with Gasteiger partial charge in [-0.2, -0.15) is 0 Å². The molecule has 1 aliphatic heterocycles. The van der Waals surface area contributed by atoms with Crippen molar-refractivity contribution < 1.29 is 9.72 Å². The molecule has 1 aliphatic rings. The summed E-state index contributed by atoms with van der Waals surface area (Å²) >= 11 is 7.45. The van der Waals surface area contributed by atoms with Crippen molar-refractivity contribution in [1.82, 2.24) is 4.98 Å². The van der Waals surface area contributed by atoms with Gasteiger partial charge in [-0.15, -0.1) is 0 Å². The van der Waals surface area contributed by atoms with Crippen LogP contribution in [0.25, 0.3) is 16.3 Å². The van der Waals surface area contributed by atoms with Crippen molar-refractivity contribution in [3.05, 3.63) is 105 Å². The number of anilines is 1. The standard InChI is InChI=1S/C23H13ClN4O3S/c24-16-9-10-20-18(13-16)26-23(32-20)27-21(15-6-2-1-3-7-15)25-19(22(27)29)12-14-5-4-8-17(11-14)28(30)31/h1-13H. The summed E-state index contributed by atoms with van der Waals surface area (Å²) < 4.78 is 0.890. The van der Waals surface area contributed by atoms with Gasteiger partial charge in [-0.05, 0) is 29.8 Å². The molecule has 2 heterocycles. The highest BCUT2D eigenvalue weighted by atomic mass is 35.5. The molecule has 4 aromatic rings. The van der Waals surface area contributed by atoms with Gasteiger partial charge in [-0.25, -0.2) is 14.9 Å². The molecule has 3 aromatic carbocycles. The lowest BCUT2D eigenvalue weighted by Crippen LogP contribution is -2.32. The van der Waals surface area contributed by atoms with Crippen LogP contribution in [-0.2, 0) is 4.79 Å². The van der Waals surface area contributed by atoms with Crippen molar-refractivity contribution in [2.75, 3.05) is 4.90 Å². The molecule has 9 heteroatoms. The van der Waals surface area contributed by atoms with E-state index in [-0.39, 0.29) is 17.3 Å². The number of carbonyl (C=O) groups is 1. The molecule has 0 N–H and O–H groups in total. The van der Waals surface area contributed by atoms with E-state index in [0.717, 1.165) is 10.3 Å². The van der Waals surface area contributed by atoms with Gasteiger partial charge in [0.15, 0.2) is 5.13 Å². The number of aromatic nitrogens is 1. The molecule has 0 spiro atoms. The highest BCUT2D eigenvalue weighted by Gasteiger charge is 2.34. The molecule has 156 valence electrons. The number of aliphatic imine (C=N–C) groups is 1. The average molecular weight is 461 g/mol.